The second kappa shape index (κ2) is 6.00. The van der Waals surface area contributed by atoms with E-state index in [1.54, 1.807) is 12.1 Å². The van der Waals surface area contributed by atoms with Crippen molar-refractivity contribution in [3.8, 4) is 11.5 Å². The molecule has 0 atom stereocenters. The van der Waals surface area contributed by atoms with E-state index in [0.717, 1.165) is 17.5 Å². The van der Waals surface area contributed by atoms with Crippen LogP contribution in [0.15, 0.2) is 36.4 Å². The Hall–Kier alpha value is -1.96. The monoisotopic (exact) mass is 270 g/mol. The first-order valence-electron chi connectivity index (χ1n) is 7.06. The molecule has 2 aromatic rings. The molecule has 2 aromatic carbocycles. The molecule has 106 valence electrons. The molecular weight excluding hydrogens is 248 g/mol. The number of phenols is 2. The van der Waals surface area contributed by atoms with Gasteiger partial charge in [-0.15, -0.1) is 0 Å². The normalized spacial score (nSPS) is 11.0. The van der Waals surface area contributed by atoms with Gasteiger partial charge in [0.1, 0.15) is 11.5 Å². The van der Waals surface area contributed by atoms with Crippen LogP contribution in [0.1, 0.15) is 36.1 Å². The van der Waals surface area contributed by atoms with Gasteiger partial charge in [-0.1, -0.05) is 38.1 Å². The van der Waals surface area contributed by atoms with Gasteiger partial charge < -0.3 is 10.2 Å². The Bertz CT molecular complexity index is 600. The highest BCUT2D eigenvalue weighted by Crippen LogP contribution is 2.31. The van der Waals surface area contributed by atoms with Gasteiger partial charge in [-0.2, -0.15) is 0 Å². The molecule has 2 N–H and O–H groups in total. The number of aryl methyl sites for hydroxylation is 1. The van der Waals surface area contributed by atoms with Crippen LogP contribution >= 0.6 is 0 Å². The molecule has 0 spiro atoms. The largest absolute Gasteiger partial charge is 0.508 e. The minimum Gasteiger partial charge on any atom is -0.508 e. The first-order chi connectivity index (χ1) is 9.49. The van der Waals surface area contributed by atoms with E-state index in [1.165, 1.54) is 11.1 Å². The summed E-state index contributed by atoms with van der Waals surface area (Å²) in [4.78, 5) is 0. The molecular formula is C18H22O2. The van der Waals surface area contributed by atoms with Gasteiger partial charge in [0.2, 0.25) is 0 Å². The molecule has 0 unspecified atom stereocenters. The summed E-state index contributed by atoms with van der Waals surface area (Å²) < 4.78 is 0. The Labute approximate surface area is 120 Å². The third-order valence-electron chi connectivity index (χ3n) is 3.61. The van der Waals surface area contributed by atoms with Gasteiger partial charge in [0.25, 0.3) is 0 Å². The van der Waals surface area contributed by atoms with Crippen LogP contribution in [0.3, 0.4) is 0 Å². The van der Waals surface area contributed by atoms with Crippen molar-refractivity contribution in [1.82, 2.24) is 0 Å². The van der Waals surface area contributed by atoms with Gasteiger partial charge in [-0.25, -0.2) is 0 Å². The number of para-hydroxylation sites is 1. The van der Waals surface area contributed by atoms with Crippen LogP contribution in [-0.2, 0) is 12.8 Å². The minimum atomic E-state index is 0.281. The second-order valence-corrected chi connectivity index (χ2v) is 5.76. The van der Waals surface area contributed by atoms with Gasteiger partial charge in [0, 0.05) is 12.0 Å². The quantitative estimate of drug-likeness (QED) is 0.874. The molecule has 0 aromatic heterocycles. The molecule has 0 fully saturated rings. The predicted octanol–water partition coefficient (Wildman–Crippen LogP) is 4.20. The zero-order chi connectivity index (χ0) is 14.7. The highest BCUT2D eigenvalue weighted by Gasteiger charge is 2.14. The highest BCUT2D eigenvalue weighted by molar-refractivity contribution is 5.48. The van der Waals surface area contributed by atoms with Crippen molar-refractivity contribution in [2.45, 2.75) is 33.6 Å². The Balaban J connectivity index is 2.45. The molecule has 20 heavy (non-hydrogen) atoms. The Morgan fingerprint density at radius 3 is 2.25 bits per heavy atom. The topological polar surface area (TPSA) is 40.5 Å². The van der Waals surface area contributed by atoms with Gasteiger partial charge in [-0.05, 0) is 48.1 Å². The van der Waals surface area contributed by atoms with E-state index in [0.29, 0.717) is 18.1 Å². The van der Waals surface area contributed by atoms with Crippen LogP contribution in [0.4, 0.5) is 0 Å². The molecule has 2 nitrogen and oxygen atoms in total. The molecule has 0 aliphatic heterocycles. The first-order valence-corrected chi connectivity index (χ1v) is 7.06. The molecule has 0 heterocycles. The fraction of sp³-hybridized carbons (Fsp3) is 0.333. The molecule has 2 rings (SSSR count). The van der Waals surface area contributed by atoms with Crippen LogP contribution in [-0.4, -0.2) is 10.2 Å². The highest BCUT2D eigenvalue weighted by atomic mass is 16.3. The van der Waals surface area contributed by atoms with E-state index in [1.807, 2.05) is 24.3 Å². The van der Waals surface area contributed by atoms with Crippen molar-refractivity contribution in [2.24, 2.45) is 5.92 Å². The number of phenolic OH excluding ortho intramolecular Hbond substituents is 2. The maximum absolute atomic E-state index is 10.2. The smallest absolute Gasteiger partial charge is 0.119 e. The standard InChI is InChI=1S/C18H22O2/c1-12(2)10-15-13(3)8-9-18(20)16(15)11-14-6-4-5-7-17(14)19/h4-9,12,19-20H,10-11H2,1-3H3. The van der Waals surface area contributed by atoms with Crippen molar-refractivity contribution in [3.05, 3.63) is 58.7 Å². The lowest BCUT2D eigenvalue weighted by molar-refractivity contribution is 0.461. The molecule has 0 saturated heterocycles. The minimum absolute atomic E-state index is 0.281. The van der Waals surface area contributed by atoms with Crippen molar-refractivity contribution in [2.75, 3.05) is 0 Å². The summed E-state index contributed by atoms with van der Waals surface area (Å²) in [5.41, 5.74) is 4.17. The van der Waals surface area contributed by atoms with Crippen molar-refractivity contribution < 1.29 is 10.2 Å². The lowest BCUT2D eigenvalue weighted by Gasteiger charge is -2.17. The first kappa shape index (κ1) is 14.4. The summed E-state index contributed by atoms with van der Waals surface area (Å²) in [7, 11) is 0. The molecule has 0 radical (unpaired) electrons. The third-order valence-corrected chi connectivity index (χ3v) is 3.61. The number of hydrogen-bond donors (Lipinski definition) is 2. The van der Waals surface area contributed by atoms with Gasteiger partial charge >= 0.3 is 0 Å². The number of aromatic hydroxyl groups is 2. The average molecular weight is 270 g/mol. The summed E-state index contributed by atoms with van der Waals surface area (Å²) >= 11 is 0. The van der Waals surface area contributed by atoms with Crippen LogP contribution < -0.4 is 0 Å². The molecule has 0 bridgehead atoms. The van der Waals surface area contributed by atoms with Crippen molar-refractivity contribution in [1.29, 1.82) is 0 Å². The summed E-state index contributed by atoms with van der Waals surface area (Å²) in [6.45, 7) is 6.42. The number of benzene rings is 2. The zero-order valence-corrected chi connectivity index (χ0v) is 12.4. The molecule has 2 heteroatoms. The van der Waals surface area contributed by atoms with E-state index < -0.39 is 0 Å². The van der Waals surface area contributed by atoms with Crippen LogP contribution in [0.5, 0.6) is 11.5 Å². The van der Waals surface area contributed by atoms with Crippen molar-refractivity contribution >= 4 is 0 Å². The second-order valence-electron chi connectivity index (χ2n) is 5.76. The molecule has 0 aliphatic carbocycles. The fourth-order valence-corrected chi connectivity index (χ4v) is 2.54. The van der Waals surface area contributed by atoms with E-state index in [2.05, 4.69) is 20.8 Å². The van der Waals surface area contributed by atoms with Gasteiger partial charge in [0.05, 0.1) is 0 Å². The Morgan fingerprint density at radius 1 is 0.900 bits per heavy atom. The van der Waals surface area contributed by atoms with Gasteiger partial charge in [0.15, 0.2) is 0 Å². The summed E-state index contributed by atoms with van der Waals surface area (Å²) in [5, 5.41) is 20.1. The lowest BCUT2D eigenvalue weighted by Crippen LogP contribution is -2.03. The average Bonchev–Trinajstić information content (AvgIpc) is 2.40. The lowest BCUT2D eigenvalue weighted by atomic mass is 9.90. The molecule has 0 saturated carbocycles. The predicted molar refractivity (Wildman–Crippen MR) is 82.3 cm³/mol. The zero-order valence-electron chi connectivity index (χ0n) is 12.4. The van der Waals surface area contributed by atoms with E-state index >= 15 is 0 Å². The summed E-state index contributed by atoms with van der Waals surface area (Å²) in [6.07, 6.45) is 1.49. The van der Waals surface area contributed by atoms with E-state index in [-0.39, 0.29) is 5.75 Å². The van der Waals surface area contributed by atoms with Gasteiger partial charge in [-0.3, -0.25) is 0 Å². The summed E-state index contributed by atoms with van der Waals surface area (Å²) in [6, 6.07) is 11.0. The number of hydrogen-bond acceptors (Lipinski definition) is 2. The Kier molecular flexibility index (Phi) is 4.33. The SMILES string of the molecule is Cc1ccc(O)c(Cc2ccccc2O)c1CC(C)C. The molecule has 0 aliphatic rings. The summed E-state index contributed by atoms with van der Waals surface area (Å²) in [5.74, 6) is 1.12. The maximum atomic E-state index is 10.2. The van der Waals surface area contributed by atoms with E-state index in [9.17, 15) is 10.2 Å². The van der Waals surface area contributed by atoms with Crippen LogP contribution in [0.2, 0.25) is 0 Å². The maximum Gasteiger partial charge on any atom is 0.119 e. The molecule has 0 amide bonds. The van der Waals surface area contributed by atoms with Crippen LogP contribution in [0, 0.1) is 12.8 Å². The number of rotatable bonds is 4. The fourth-order valence-electron chi connectivity index (χ4n) is 2.54. The van der Waals surface area contributed by atoms with Crippen LogP contribution in [0.25, 0.3) is 0 Å². The third kappa shape index (κ3) is 3.13. The Morgan fingerprint density at radius 2 is 1.60 bits per heavy atom. The van der Waals surface area contributed by atoms with E-state index in [4.69, 9.17) is 0 Å². The van der Waals surface area contributed by atoms with Crippen molar-refractivity contribution in [3.63, 3.8) is 0 Å².